The van der Waals surface area contributed by atoms with Gasteiger partial charge in [-0.25, -0.2) is 0 Å². The Kier molecular flexibility index (Phi) is 7.70. The Balaban J connectivity index is 1.63. The summed E-state index contributed by atoms with van der Waals surface area (Å²) in [6.45, 7) is 3.68. The second kappa shape index (κ2) is 10.8. The normalized spacial score (nSPS) is 12.4. The molecule has 1 heterocycles. The standard InChI is InChI=1S/C26H22ClF3N4OS/c1-16-8-13-21(27)14-22(16)34-23(32-33-25(34)36-15-18-6-4-3-5-7-18)17(2)31-24(35)19-9-11-20(12-10-19)26(28,29)30/h3-14,17H,15H2,1-2H3,(H,31,35). The summed E-state index contributed by atoms with van der Waals surface area (Å²) in [6, 6.07) is 18.9. The van der Waals surface area contributed by atoms with Crippen LogP contribution in [0.4, 0.5) is 13.2 Å². The minimum atomic E-state index is -4.47. The van der Waals surface area contributed by atoms with Gasteiger partial charge in [0.25, 0.3) is 5.91 Å². The second-order valence-electron chi connectivity index (χ2n) is 8.15. The zero-order valence-electron chi connectivity index (χ0n) is 19.4. The number of nitrogens with zero attached hydrogens (tertiary/aromatic N) is 3. The molecule has 4 aromatic rings. The second-order valence-corrected chi connectivity index (χ2v) is 9.53. The minimum absolute atomic E-state index is 0.110. The van der Waals surface area contributed by atoms with Gasteiger partial charge in [0.2, 0.25) is 0 Å². The van der Waals surface area contributed by atoms with Gasteiger partial charge in [0.15, 0.2) is 11.0 Å². The van der Waals surface area contributed by atoms with Crippen molar-refractivity contribution in [2.45, 2.75) is 37.0 Å². The van der Waals surface area contributed by atoms with Crippen molar-refractivity contribution < 1.29 is 18.0 Å². The van der Waals surface area contributed by atoms with Gasteiger partial charge < -0.3 is 5.32 Å². The van der Waals surface area contributed by atoms with E-state index in [-0.39, 0.29) is 5.56 Å². The number of benzene rings is 3. The van der Waals surface area contributed by atoms with E-state index in [9.17, 15) is 18.0 Å². The van der Waals surface area contributed by atoms with Crippen LogP contribution < -0.4 is 5.32 Å². The molecule has 36 heavy (non-hydrogen) atoms. The SMILES string of the molecule is Cc1ccc(Cl)cc1-n1c(SCc2ccccc2)nnc1C(C)NC(=O)c1ccc(C(F)(F)F)cc1. The van der Waals surface area contributed by atoms with Gasteiger partial charge >= 0.3 is 6.18 Å². The molecule has 0 fully saturated rings. The van der Waals surface area contributed by atoms with Crippen LogP contribution in [0.5, 0.6) is 0 Å². The first-order valence-corrected chi connectivity index (χ1v) is 12.4. The number of aryl methyl sites for hydroxylation is 1. The van der Waals surface area contributed by atoms with Crippen LogP contribution in [0.25, 0.3) is 5.69 Å². The van der Waals surface area contributed by atoms with Crippen LogP contribution in [0.1, 0.15) is 45.8 Å². The quantitative estimate of drug-likeness (QED) is 0.261. The van der Waals surface area contributed by atoms with Crippen molar-refractivity contribution in [1.29, 1.82) is 0 Å². The molecule has 0 spiro atoms. The average molecular weight is 531 g/mol. The molecule has 0 saturated carbocycles. The lowest BCUT2D eigenvalue weighted by molar-refractivity contribution is -0.137. The number of aromatic nitrogens is 3. The molecule has 1 atom stereocenters. The molecule has 10 heteroatoms. The number of alkyl halides is 3. The highest BCUT2D eigenvalue weighted by Crippen LogP contribution is 2.31. The lowest BCUT2D eigenvalue weighted by Crippen LogP contribution is -2.28. The Labute approximate surface area is 215 Å². The van der Waals surface area contributed by atoms with Crippen LogP contribution in [0.15, 0.2) is 78.0 Å². The molecule has 1 unspecified atom stereocenters. The van der Waals surface area contributed by atoms with Crippen molar-refractivity contribution in [3.8, 4) is 5.69 Å². The summed E-state index contributed by atoms with van der Waals surface area (Å²) in [5, 5.41) is 12.7. The highest BCUT2D eigenvalue weighted by Gasteiger charge is 2.30. The number of nitrogens with one attached hydrogen (secondary N) is 1. The van der Waals surface area contributed by atoms with Gasteiger partial charge in [0.05, 0.1) is 17.3 Å². The molecule has 0 aliphatic rings. The molecular weight excluding hydrogens is 509 g/mol. The van der Waals surface area contributed by atoms with Crippen LogP contribution in [-0.2, 0) is 11.9 Å². The molecule has 3 aromatic carbocycles. The fourth-order valence-corrected chi connectivity index (χ4v) is 4.66. The Morgan fingerprint density at radius 2 is 1.75 bits per heavy atom. The number of carbonyl (C=O) groups excluding carboxylic acids is 1. The number of carbonyl (C=O) groups is 1. The van der Waals surface area contributed by atoms with E-state index >= 15 is 0 Å². The Bertz CT molecular complexity index is 1360. The highest BCUT2D eigenvalue weighted by atomic mass is 35.5. The monoisotopic (exact) mass is 530 g/mol. The van der Waals surface area contributed by atoms with Crippen LogP contribution in [0.3, 0.4) is 0 Å². The zero-order chi connectivity index (χ0) is 25.9. The number of hydrogen-bond donors (Lipinski definition) is 1. The maximum Gasteiger partial charge on any atom is 0.416 e. The molecule has 0 saturated heterocycles. The number of rotatable bonds is 7. The summed E-state index contributed by atoms with van der Waals surface area (Å²) >= 11 is 7.78. The summed E-state index contributed by atoms with van der Waals surface area (Å²) in [7, 11) is 0. The number of hydrogen-bond acceptors (Lipinski definition) is 4. The lowest BCUT2D eigenvalue weighted by atomic mass is 10.1. The van der Waals surface area contributed by atoms with Gasteiger partial charge in [-0.15, -0.1) is 10.2 Å². The van der Waals surface area contributed by atoms with Crippen LogP contribution in [0, 0.1) is 6.92 Å². The van der Waals surface area contributed by atoms with Crippen molar-refractivity contribution >= 4 is 29.3 Å². The third-order valence-corrected chi connectivity index (χ3v) is 6.73. The third kappa shape index (κ3) is 5.91. The molecule has 0 radical (unpaired) electrons. The maximum absolute atomic E-state index is 12.9. The van der Waals surface area contributed by atoms with E-state index in [4.69, 9.17) is 11.6 Å². The van der Waals surface area contributed by atoms with Gasteiger partial charge in [-0.2, -0.15) is 13.2 Å². The third-order valence-electron chi connectivity index (χ3n) is 5.49. The first-order chi connectivity index (χ1) is 17.1. The molecule has 0 bridgehead atoms. The number of amides is 1. The van der Waals surface area contributed by atoms with Crippen molar-refractivity contribution in [1.82, 2.24) is 20.1 Å². The Morgan fingerprint density at radius 3 is 2.42 bits per heavy atom. The Morgan fingerprint density at radius 1 is 1.06 bits per heavy atom. The van der Waals surface area contributed by atoms with Crippen molar-refractivity contribution in [3.05, 3.63) is 106 Å². The molecule has 1 amide bonds. The summed E-state index contributed by atoms with van der Waals surface area (Å²) in [6.07, 6.45) is -4.47. The van der Waals surface area contributed by atoms with Gasteiger partial charge in [-0.05, 0) is 61.4 Å². The topological polar surface area (TPSA) is 59.8 Å². The summed E-state index contributed by atoms with van der Waals surface area (Å²) in [5.41, 5.74) is 2.11. The molecular formula is C26H22ClF3N4OS. The largest absolute Gasteiger partial charge is 0.416 e. The van der Waals surface area contributed by atoms with Crippen LogP contribution in [-0.4, -0.2) is 20.7 Å². The van der Waals surface area contributed by atoms with Gasteiger partial charge in [-0.1, -0.05) is 59.8 Å². The predicted molar refractivity (Wildman–Crippen MR) is 134 cm³/mol. The van der Waals surface area contributed by atoms with E-state index in [1.807, 2.05) is 47.9 Å². The summed E-state index contributed by atoms with van der Waals surface area (Å²) < 4.78 is 40.4. The molecule has 0 aliphatic heterocycles. The van der Waals surface area contributed by atoms with Gasteiger partial charge in [-0.3, -0.25) is 9.36 Å². The molecule has 1 aromatic heterocycles. The highest BCUT2D eigenvalue weighted by molar-refractivity contribution is 7.98. The lowest BCUT2D eigenvalue weighted by Gasteiger charge is -2.18. The first-order valence-electron chi connectivity index (χ1n) is 11.0. The first kappa shape index (κ1) is 25.8. The molecule has 1 N–H and O–H groups in total. The van der Waals surface area contributed by atoms with Gasteiger partial charge in [0.1, 0.15) is 0 Å². The van der Waals surface area contributed by atoms with Gasteiger partial charge in [0, 0.05) is 16.3 Å². The maximum atomic E-state index is 12.9. The summed E-state index contributed by atoms with van der Waals surface area (Å²) in [5.74, 6) is 0.605. The number of thioether (sulfide) groups is 1. The predicted octanol–water partition coefficient (Wildman–Crippen LogP) is 7.03. The fraction of sp³-hybridized carbons (Fsp3) is 0.192. The molecule has 186 valence electrons. The van der Waals surface area contributed by atoms with E-state index in [1.165, 1.54) is 11.8 Å². The Hall–Kier alpha value is -3.30. The fourth-order valence-electron chi connectivity index (χ4n) is 3.58. The average Bonchev–Trinajstić information content (AvgIpc) is 3.28. The van der Waals surface area contributed by atoms with Crippen LogP contribution in [0.2, 0.25) is 5.02 Å². The van der Waals surface area contributed by atoms with E-state index in [0.29, 0.717) is 21.8 Å². The van der Waals surface area contributed by atoms with Crippen LogP contribution >= 0.6 is 23.4 Å². The van der Waals surface area contributed by atoms with E-state index in [2.05, 4.69) is 15.5 Å². The van der Waals surface area contributed by atoms with Crippen molar-refractivity contribution in [2.24, 2.45) is 0 Å². The smallest absolute Gasteiger partial charge is 0.342 e. The molecule has 0 aliphatic carbocycles. The van der Waals surface area contributed by atoms with E-state index in [0.717, 1.165) is 41.1 Å². The van der Waals surface area contributed by atoms with Crippen molar-refractivity contribution in [2.75, 3.05) is 0 Å². The van der Waals surface area contributed by atoms with Crippen molar-refractivity contribution in [3.63, 3.8) is 0 Å². The molecule has 4 rings (SSSR count). The van der Waals surface area contributed by atoms with E-state index in [1.54, 1.807) is 19.1 Å². The minimum Gasteiger partial charge on any atom is -0.342 e. The molecule has 5 nitrogen and oxygen atoms in total. The summed E-state index contributed by atoms with van der Waals surface area (Å²) in [4.78, 5) is 12.8. The number of halogens is 4. The van der Waals surface area contributed by atoms with E-state index < -0.39 is 23.7 Å². The zero-order valence-corrected chi connectivity index (χ0v) is 21.0.